The second-order valence-electron chi connectivity index (χ2n) is 2.91. The molecule has 0 bridgehead atoms. The molecule has 3 heteroatoms. The lowest BCUT2D eigenvalue weighted by Crippen LogP contribution is -2.43. The smallest absolute Gasteiger partial charge is 0.0182 e. The molecule has 0 heterocycles. The summed E-state index contributed by atoms with van der Waals surface area (Å²) < 4.78 is 0. The van der Waals surface area contributed by atoms with Crippen molar-refractivity contribution in [2.75, 3.05) is 0 Å². The average Bonchev–Trinajstić information content (AvgIpc) is 1.99. The average molecular weight is 181 g/mol. The first-order chi connectivity index (χ1) is 4.70. The largest absolute Gasteiger partial charge is 0.255 e. The second-order valence-corrected chi connectivity index (χ2v) is 2.91. The summed E-state index contributed by atoms with van der Waals surface area (Å²) in [5.41, 5.74) is 6.47. The second kappa shape index (κ2) is 8.31. The molecule has 0 fully saturated rings. The van der Waals surface area contributed by atoms with E-state index in [2.05, 4.69) is 38.5 Å². The van der Waals surface area contributed by atoms with E-state index < -0.39 is 0 Å². The van der Waals surface area contributed by atoms with Crippen LogP contribution in [-0.4, -0.2) is 12.1 Å². The maximum Gasteiger partial charge on any atom is 0.0182 e. The highest BCUT2D eigenvalue weighted by Gasteiger charge is 1.98. The molecule has 0 aromatic heterocycles. The summed E-state index contributed by atoms with van der Waals surface area (Å²) in [6, 6.07) is 1.16. The zero-order chi connectivity index (χ0) is 7.98. The van der Waals surface area contributed by atoms with Crippen molar-refractivity contribution in [3.8, 4) is 0 Å². The summed E-state index contributed by atoms with van der Waals surface area (Å²) in [5, 5.41) is 0. The Balaban J connectivity index is 0. The predicted octanol–water partition coefficient (Wildman–Crippen LogP) is 2.10. The van der Waals surface area contributed by atoms with Crippen molar-refractivity contribution in [1.29, 1.82) is 0 Å². The van der Waals surface area contributed by atoms with Crippen molar-refractivity contribution < 1.29 is 0 Å². The fourth-order valence-electron chi connectivity index (χ4n) is 0.489. The van der Waals surface area contributed by atoms with Gasteiger partial charge in [0.15, 0.2) is 0 Å². The lowest BCUT2D eigenvalue weighted by atomic mass is 10.2. The predicted molar refractivity (Wildman–Crippen MR) is 53.0 cm³/mol. The van der Waals surface area contributed by atoms with Crippen molar-refractivity contribution in [2.45, 2.75) is 52.6 Å². The summed E-state index contributed by atoms with van der Waals surface area (Å²) >= 11 is 0. The summed E-state index contributed by atoms with van der Waals surface area (Å²) in [6.45, 7) is 8.71. The molecule has 2 N–H and O–H groups in total. The van der Waals surface area contributed by atoms with E-state index in [-0.39, 0.29) is 12.4 Å². The van der Waals surface area contributed by atoms with E-state index >= 15 is 0 Å². The first-order valence-electron chi connectivity index (χ1n) is 4.21. The lowest BCUT2D eigenvalue weighted by Gasteiger charge is -2.16. The molecule has 0 saturated heterocycles. The normalized spacial score (nSPS) is 15.3. The van der Waals surface area contributed by atoms with Crippen LogP contribution >= 0.6 is 12.4 Å². The van der Waals surface area contributed by atoms with Gasteiger partial charge in [-0.1, -0.05) is 13.8 Å². The molecule has 0 aliphatic carbocycles. The number of nitrogens with one attached hydrogen (secondary N) is 2. The zero-order valence-electron chi connectivity index (χ0n) is 7.98. The minimum absolute atomic E-state index is 0. The molecule has 0 aliphatic rings. The Morgan fingerprint density at radius 3 is 1.36 bits per heavy atom. The quantitative estimate of drug-likeness (QED) is 0.634. The van der Waals surface area contributed by atoms with E-state index in [1.807, 2.05) is 0 Å². The van der Waals surface area contributed by atoms with Gasteiger partial charge in [0.2, 0.25) is 0 Å². The van der Waals surface area contributed by atoms with Gasteiger partial charge in [0.1, 0.15) is 0 Å². The van der Waals surface area contributed by atoms with Crippen molar-refractivity contribution in [3.05, 3.63) is 0 Å². The van der Waals surface area contributed by atoms with Gasteiger partial charge in [-0.15, -0.1) is 12.4 Å². The Labute approximate surface area is 76.5 Å². The van der Waals surface area contributed by atoms with E-state index in [0.717, 1.165) is 0 Å². The third-order valence-electron chi connectivity index (χ3n) is 1.80. The number of halogens is 1. The summed E-state index contributed by atoms with van der Waals surface area (Å²) in [4.78, 5) is 0. The lowest BCUT2D eigenvalue weighted by molar-refractivity contribution is 0.385. The van der Waals surface area contributed by atoms with Crippen LogP contribution in [0, 0.1) is 0 Å². The Morgan fingerprint density at radius 1 is 0.909 bits per heavy atom. The van der Waals surface area contributed by atoms with Crippen LogP contribution in [0.1, 0.15) is 40.5 Å². The van der Waals surface area contributed by atoms with E-state index in [9.17, 15) is 0 Å². The highest BCUT2D eigenvalue weighted by Crippen LogP contribution is 1.88. The number of hydrogen-bond donors (Lipinski definition) is 2. The minimum atomic E-state index is 0. The molecule has 0 aromatic carbocycles. The molecule has 2 atom stereocenters. The van der Waals surface area contributed by atoms with E-state index in [1.165, 1.54) is 12.8 Å². The topological polar surface area (TPSA) is 24.1 Å². The minimum Gasteiger partial charge on any atom is -0.255 e. The van der Waals surface area contributed by atoms with Gasteiger partial charge in [-0.25, -0.2) is 0 Å². The molecule has 2 nitrogen and oxygen atoms in total. The third kappa shape index (κ3) is 8.11. The van der Waals surface area contributed by atoms with Crippen LogP contribution in [0.2, 0.25) is 0 Å². The van der Waals surface area contributed by atoms with Gasteiger partial charge in [0.05, 0.1) is 0 Å². The molecule has 0 rings (SSSR count). The van der Waals surface area contributed by atoms with Crippen molar-refractivity contribution in [2.24, 2.45) is 0 Å². The third-order valence-corrected chi connectivity index (χ3v) is 1.80. The summed E-state index contributed by atoms with van der Waals surface area (Å²) in [5.74, 6) is 0. The van der Waals surface area contributed by atoms with Gasteiger partial charge in [-0.05, 0) is 26.7 Å². The fraction of sp³-hybridized carbons (Fsp3) is 1.00. The van der Waals surface area contributed by atoms with Crippen LogP contribution in [0.25, 0.3) is 0 Å². The zero-order valence-corrected chi connectivity index (χ0v) is 8.79. The maximum absolute atomic E-state index is 3.23. The van der Waals surface area contributed by atoms with E-state index in [1.54, 1.807) is 0 Å². The molecule has 11 heavy (non-hydrogen) atoms. The molecule has 0 aromatic rings. The van der Waals surface area contributed by atoms with E-state index in [0.29, 0.717) is 12.1 Å². The van der Waals surface area contributed by atoms with Crippen LogP contribution in [-0.2, 0) is 0 Å². The Morgan fingerprint density at radius 2 is 1.18 bits per heavy atom. The molecule has 0 amide bonds. The molecule has 70 valence electrons. The van der Waals surface area contributed by atoms with Gasteiger partial charge in [-0.3, -0.25) is 10.9 Å². The Hall–Kier alpha value is 0.210. The van der Waals surface area contributed by atoms with Crippen molar-refractivity contribution >= 4 is 12.4 Å². The molecular weight excluding hydrogens is 160 g/mol. The molecule has 0 radical (unpaired) electrons. The van der Waals surface area contributed by atoms with Crippen LogP contribution < -0.4 is 10.9 Å². The number of hydrogen-bond acceptors (Lipinski definition) is 2. The molecule has 2 unspecified atom stereocenters. The summed E-state index contributed by atoms with van der Waals surface area (Å²) in [7, 11) is 0. The highest BCUT2D eigenvalue weighted by molar-refractivity contribution is 5.85. The van der Waals surface area contributed by atoms with Crippen molar-refractivity contribution in [3.63, 3.8) is 0 Å². The molecule has 0 saturated carbocycles. The van der Waals surface area contributed by atoms with Crippen LogP contribution in [0.4, 0.5) is 0 Å². The molecular formula is C8H21ClN2. The highest BCUT2D eigenvalue weighted by atomic mass is 35.5. The van der Waals surface area contributed by atoms with Gasteiger partial charge >= 0.3 is 0 Å². The van der Waals surface area contributed by atoms with Crippen LogP contribution in [0.15, 0.2) is 0 Å². The first kappa shape index (κ1) is 13.8. The maximum atomic E-state index is 3.23. The van der Waals surface area contributed by atoms with Gasteiger partial charge in [0, 0.05) is 12.1 Å². The van der Waals surface area contributed by atoms with Gasteiger partial charge < -0.3 is 0 Å². The summed E-state index contributed by atoms with van der Waals surface area (Å²) in [6.07, 6.45) is 2.34. The van der Waals surface area contributed by atoms with Crippen LogP contribution in [0.3, 0.4) is 0 Å². The van der Waals surface area contributed by atoms with Crippen molar-refractivity contribution in [1.82, 2.24) is 10.9 Å². The van der Waals surface area contributed by atoms with Gasteiger partial charge in [0.25, 0.3) is 0 Å². The fourth-order valence-corrected chi connectivity index (χ4v) is 0.489. The van der Waals surface area contributed by atoms with Gasteiger partial charge in [-0.2, -0.15) is 0 Å². The van der Waals surface area contributed by atoms with Crippen LogP contribution in [0.5, 0.6) is 0 Å². The SMILES string of the molecule is CCC(C)NNC(C)CC.Cl. The Bertz CT molecular complexity index is 68.5. The van der Waals surface area contributed by atoms with E-state index in [4.69, 9.17) is 0 Å². The first-order valence-corrected chi connectivity index (χ1v) is 4.21. The number of rotatable bonds is 5. The monoisotopic (exact) mass is 180 g/mol. The standard InChI is InChI=1S/C8H20N2.ClH/c1-5-7(3)9-10-8(4)6-2;/h7-10H,5-6H2,1-4H3;1H. The Kier molecular flexibility index (Phi) is 10.4. The molecule has 0 spiro atoms. The number of hydrazine groups is 1. The molecule has 0 aliphatic heterocycles.